The number of ether oxygens (including phenoxy) is 5. The van der Waals surface area contributed by atoms with Gasteiger partial charge in [0.15, 0.2) is 6.29 Å². The number of carbonyl (C=O) groups excluding carboxylic acids is 8. The normalized spacial score (nSPS) is 16.9. The molecule has 15 N–H and O–H groups in total. The van der Waals surface area contributed by atoms with E-state index in [0.29, 0.717) is 90.8 Å². The third kappa shape index (κ3) is 40.9. The van der Waals surface area contributed by atoms with Crippen LogP contribution in [0.3, 0.4) is 0 Å². The number of aliphatic hydroxyl groups excluding tert-OH is 3. The minimum absolute atomic E-state index is 0.0114. The third-order valence-electron chi connectivity index (χ3n) is 13.3. The molecule has 8 amide bonds. The molecule has 26 nitrogen and oxygen atoms in total. The van der Waals surface area contributed by atoms with Gasteiger partial charge < -0.3 is 93.0 Å². The Bertz CT molecular complexity index is 1790. The molecule has 0 aliphatic carbocycles. The Morgan fingerprint density at radius 2 is 0.892 bits per heavy atom. The summed E-state index contributed by atoms with van der Waals surface area (Å²) >= 11 is 0. The molecule has 480 valence electrons. The first kappa shape index (κ1) is 76.1. The fourth-order valence-electron chi connectivity index (χ4n) is 8.62. The van der Waals surface area contributed by atoms with Gasteiger partial charge in [0, 0.05) is 91.3 Å². The SMILES string of the molecule is C/C=C/C(=O)NCCCCCCNC(=O)CCCCCCCCCCC(=O)NC(COCCC(=O)NCCCN)(COCCC(=O)NCCCN)COCCC(=O)NCCCNC(=O)CCCCO[C@@H]1OC(CO)[C@@H](O)C(O)C1NC(C)=O. The number of carbonyl (C=O) groups is 8. The minimum Gasteiger partial charge on any atom is -0.394 e. The predicted molar refractivity (Wildman–Crippen MR) is 312 cm³/mol. The molecule has 5 atom stereocenters. The lowest BCUT2D eigenvalue weighted by Gasteiger charge is -2.42. The van der Waals surface area contributed by atoms with Gasteiger partial charge in [0.2, 0.25) is 47.3 Å². The second-order valence-electron chi connectivity index (χ2n) is 20.9. The molecule has 1 rings (SSSR count). The van der Waals surface area contributed by atoms with Crippen LogP contribution in [0.2, 0.25) is 0 Å². The number of allylic oxidation sites excluding steroid dienone is 1. The van der Waals surface area contributed by atoms with E-state index in [1.807, 2.05) is 0 Å². The third-order valence-corrected chi connectivity index (χ3v) is 13.3. The summed E-state index contributed by atoms with van der Waals surface area (Å²) in [6.45, 7) is 6.02. The lowest BCUT2D eigenvalue weighted by Crippen LogP contribution is -2.64. The van der Waals surface area contributed by atoms with Gasteiger partial charge in [0.1, 0.15) is 29.9 Å². The summed E-state index contributed by atoms with van der Waals surface area (Å²) in [5.74, 6) is -1.65. The number of rotatable bonds is 53. The number of nitrogens with two attached hydrogens (primary N) is 2. The van der Waals surface area contributed by atoms with Gasteiger partial charge in [-0.25, -0.2) is 0 Å². The number of hydrogen-bond donors (Lipinski definition) is 13. The average Bonchev–Trinajstić information content (AvgIpc) is 3.55. The number of amides is 8. The van der Waals surface area contributed by atoms with Gasteiger partial charge in [0.05, 0.1) is 46.2 Å². The van der Waals surface area contributed by atoms with E-state index in [1.54, 1.807) is 13.0 Å². The van der Waals surface area contributed by atoms with Crippen molar-refractivity contribution in [3.05, 3.63) is 12.2 Å². The smallest absolute Gasteiger partial charge is 0.243 e. The Balaban J connectivity index is 2.63. The summed E-state index contributed by atoms with van der Waals surface area (Å²) in [5, 5.41) is 52.7. The molecule has 0 aromatic carbocycles. The van der Waals surface area contributed by atoms with E-state index >= 15 is 0 Å². The maximum Gasteiger partial charge on any atom is 0.243 e. The molecule has 0 aromatic heterocycles. The van der Waals surface area contributed by atoms with Crippen LogP contribution in [-0.2, 0) is 62.0 Å². The summed E-state index contributed by atoms with van der Waals surface area (Å²) in [4.78, 5) is 99.2. The lowest BCUT2D eigenvalue weighted by molar-refractivity contribution is -0.270. The monoisotopic (exact) mass is 1190 g/mol. The molecule has 3 unspecified atom stereocenters. The van der Waals surface area contributed by atoms with Crippen LogP contribution in [0.4, 0.5) is 0 Å². The molecule has 1 fully saturated rings. The quantitative estimate of drug-likeness (QED) is 0.0282. The zero-order chi connectivity index (χ0) is 61.2. The molecule has 0 bridgehead atoms. The molecular formula is C57H106N10O16. The van der Waals surface area contributed by atoms with Crippen molar-refractivity contribution in [1.29, 1.82) is 0 Å². The zero-order valence-corrected chi connectivity index (χ0v) is 49.9. The van der Waals surface area contributed by atoms with Gasteiger partial charge >= 0.3 is 0 Å². The summed E-state index contributed by atoms with van der Waals surface area (Å²) in [5.41, 5.74) is 9.87. The van der Waals surface area contributed by atoms with Crippen LogP contribution in [-0.4, -0.2) is 204 Å². The molecule has 0 radical (unpaired) electrons. The summed E-state index contributed by atoms with van der Waals surface area (Å²) < 4.78 is 29.3. The molecule has 26 heteroatoms. The van der Waals surface area contributed by atoms with Crippen LogP contribution in [0, 0.1) is 0 Å². The van der Waals surface area contributed by atoms with Crippen molar-refractivity contribution < 1.29 is 77.4 Å². The van der Waals surface area contributed by atoms with Crippen molar-refractivity contribution in [3.63, 3.8) is 0 Å². The second-order valence-corrected chi connectivity index (χ2v) is 20.9. The van der Waals surface area contributed by atoms with Crippen molar-refractivity contribution in [2.45, 2.75) is 198 Å². The first-order valence-corrected chi connectivity index (χ1v) is 30.3. The molecule has 1 aliphatic heterocycles. The van der Waals surface area contributed by atoms with Gasteiger partial charge in [-0.15, -0.1) is 0 Å². The fourth-order valence-corrected chi connectivity index (χ4v) is 8.62. The molecule has 83 heavy (non-hydrogen) atoms. The van der Waals surface area contributed by atoms with Gasteiger partial charge in [-0.3, -0.25) is 38.4 Å². The number of unbranched alkanes of at least 4 members (excludes halogenated alkanes) is 11. The first-order chi connectivity index (χ1) is 40.1. The van der Waals surface area contributed by atoms with E-state index in [-0.39, 0.29) is 126 Å². The predicted octanol–water partition coefficient (Wildman–Crippen LogP) is 0.0145. The van der Waals surface area contributed by atoms with Crippen LogP contribution in [0.25, 0.3) is 0 Å². The van der Waals surface area contributed by atoms with E-state index in [4.69, 9.17) is 35.2 Å². The maximum absolute atomic E-state index is 13.6. The van der Waals surface area contributed by atoms with Gasteiger partial charge in [0.25, 0.3) is 0 Å². The Hall–Kier alpha value is -4.90. The van der Waals surface area contributed by atoms with E-state index in [0.717, 1.165) is 70.6 Å². The van der Waals surface area contributed by atoms with Gasteiger partial charge in [-0.2, -0.15) is 0 Å². The van der Waals surface area contributed by atoms with Crippen molar-refractivity contribution in [2.24, 2.45) is 11.5 Å². The standard InChI is InChI=1S/C57H106N10O16/c1-3-21-46(70)60-30-15-10-11-16-31-61-47(71)22-12-8-6-4-5-7-9-13-24-52(76)67-57(41-79-37-25-49(73)62-32-18-28-58,42-80-38-26-50(74)63-33-19-29-59)43-81-39-27-51(75)65-35-20-34-64-48(72)23-14-17-36-82-56-53(66-44(2)69)55(78)54(77)45(40-68)83-56/h3,21,45,53-56,68,77-78H,4-20,22-43,58-59H2,1-2H3,(H,60,70)(H,61,71)(H,62,73)(H,63,74)(H,64,72)(H,65,75)(H,66,69)(H,67,76)/b21-3+/t45?,53?,54-,55?,56-/m1/s1. The van der Waals surface area contributed by atoms with Crippen molar-refractivity contribution in [1.82, 2.24) is 42.5 Å². The fraction of sp³-hybridized carbons (Fsp3) is 0.825. The number of hydrogen-bond acceptors (Lipinski definition) is 18. The minimum atomic E-state index is -1.42. The number of aliphatic hydroxyl groups is 3. The Morgan fingerprint density at radius 1 is 0.494 bits per heavy atom. The van der Waals surface area contributed by atoms with Crippen LogP contribution in [0.5, 0.6) is 0 Å². The molecule has 0 aromatic rings. The summed E-state index contributed by atoms with van der Waals surface area (Å²) in [6, 6.07) is -1.05. The van der Waals surface area contributed by atoms with E-state index < -0.39 is 48.7 Å². The van der Waals surface area contributed by atoms with E-state index in [9.17, 15) is 53.7 Å². The largest absolute Gasteiger partial charge is 0.394 e. The van der Waals surface area contributed by atoms with E-state index in [2.05, 4.69) is 42.5 Å². The first-order valence-electron chi connectivity index (χ1n) is 30.3. The topological polar surface area (TPSA) is 392 Å². The second kappa shape index (κ2) is 50.4. The van der Waals surface area contributed by atoms with Crippen LogP contribution in [0.1, 0.15) is 162 Å². The lowest BCUT2D eigenvalue weighted by atomic mass is 9.97. The Morgan fingerprint density at radius 3 is 1.34 bits per heavy atom. The summed E-state index contributed by atoms with van der Waals surface area (Å²) in [7, 11) is 0. The Kier molecular flexibility index (Phi) is 46.2. The molecule has 1 saturated heterocycles. The van der Waals surface area contributed by atoms with Gasteiger partial charge in [-0.05, 0) is 83.9 Å². The van der Waals surface area contributed by atoms with Crippen molar-refractivity contribution >= 4 is 47.3 Å². The van der Waals surface area contributed by atoms with Gasteiger partial charge in [-0.1, -0.05) is 57.4 Å². The Labute approximate surface area is 492 Å². The molecule has 1 aliphatic rings. The number of nitrogens with one attached hydrogen (secondary N) is 8. The highest BCUT2D eigenvalue weighted by atomic mass is 16.7. The highest BCUT2D eigenvalue weighted by molar-refractivity contribution is 5.87. The molecular weight excluding hydrogens is 1080 g/mol. The maximum atomic E-state index is 13.6. The summed E-state index contributed by atoms with van der Waals surface area (Å²) in [6.07, 6.45) is 12.9. The zero-order valence-electron chi connectivity index (χ0n) is 49.9. The van der Waals surface area contributed by atoms with E-state index in [1.165, 1.54) is 13.0 Å². The van der Waals surface area contributed by atoms with Crippen LogP contribution >= 0.6 is 0 Å². The molecule has 0 spiro atoms. The molecule has 1 heterocycles. The molecule has 0 saturated carbocycles. The average molecular weight is 1190 g/mol. The van der Waals surface area contributed by atoms with Crippen molar-refractivity contribution in [3.8, 4) is 0 Å². The van der Waals surface area contributed by atoms with Crippen LogP contribution < -0.4 is 54.0 Å². The van der Waals surface area contributed by atoms with Crippen molar-refractivity contribution in [2.75, 3.05) is 105 Å². The van der Waals surface area contributed by atoms with Crippen LogP contribution in [0.15, 0.2) is 12.2 Å². The highest BCUT2D eigenvalue weighted by Crippen LogP contribution is 2.23. The highest BCUT2D eigenvalue weighted by Gasteiger charge is 2.45.